The molecule has 1 amide bonds. The molecule has 2 aromatic rings. The molecule has 168 valence electrons. The predicted octanol–water partition coefficient (Wildman–Crippen LogP) is 3.50. The number of aromatic nitrogens is 1. The van der Waals surface area contributed by atoms with Crippen molar-refractivity contribution in [2.45, 2.75) is 58.9 Å². The number of carbonyl (C=O) groups is 1. The van der Waals surface area contributed by atoms with Crippen LogP contribution >= 0.6 is 0 Å². The van der Waals surface area contributed by atoms with Gasteiger partial charge in [0.2, 0.25) is 11.8 Å². The van der Waals surface area contributed by atoms with Crippen LogP contribution < -0.4 is 10.2 Å². The lowest BCUT2D eigenvalue weighted by molar-refractivity contribution is -0.122. The molecule has 6 heteroatoms. The van der Waals surface area contributed by atoms with E-state index in [9.17, 15) is 4.79 Å². The summed E-state index contributed by atoms with van der Waals surface area (Å²) in [5.41, 5.74) is 4.32. The SMILES string of the molecule is CCc1cccc(N2CCN(CC[C@H]3C[C@@H](NC(=O)Cc4ncc(C)o4)C3)CC2)c1C. The van der Waals surface area contributed by atoms with E-state index in [0.717, 1.165) is 57.1 Å². The third-order valence-electron chi connectivity index (χ3n) is 6.95. The lowest BCUT2D eigenvalue weighted by atomic mass is 9.78. The van der Waals surface area contributed by atoms with Gasteiger partial charge in [-0.05, 0) is 69.2 Å². The Morgan fingerprint density at radius 1 is 1.19 bits per heavy atom. The van der Waals surface area contributed by atoms with Crippen LogP contribution in [0.15, 0.2) is 28.8 Å². The molecule has 1 saturated carbocycles. The van der Waals surface area contributed by atoms with Crippen LogP contribution in [0.4, 0.5) is 5.69 Å². The Bertz CT molecular complexity index is 879. The first-order valence-corrected chi connectivity index (χ1v) is 11.8. The number of hydrogen-bond donors (Lipinski definition) is 1. The Kier molecular flexibility index (Phi) is 6.96. The van der Waals surface area contributed by atoms with Gasteiger partial charge in [0.05, 0.1) is 6.20 Å². The molecule has 1 aromatic heterocycles. The molecule has 0 bridgehead atoms. The summed E-state index contributed by atoms with van der Waals surface area (Å²) in [6.07, 6.45) is 6.42. The van der Waals surface area contributed by atoms with Crippen molar-refractivity contribution in [1.29, 1.82) is 0 Å². The Morgan fingerprint density at radius 3 is 2.65 bits per heavy atom. The van der Waals surface area contributed by atoms with Crippen LogP contribution in [-0.4, -0.2) is 54.6 Å². The van der Waals surface area contributed by atoms with Crippen molar-refractivity contribution < 1.29 is 9.21 Å². The van der Waals surface area contributed by atoms with Gasteiger partial charge in [-0.3, -0.25) is 9.69 Å². The van der Waals surface area contributed by atoms with Crippen molar-refractivity contribution in [3.05, 3.63) is 47.2 Å². The predicted molar refractivity (Wildman–Crippen MR) is 123 cm³/mol. The normalized spacial score (nSPS) is 21.7. The third-order valence-corrected chi connectivity index (χ3v) is 6.95. The smallest absolute Gasteiger partial charge is 0.229 e. The molecule has 0 unspecified atom stereocenters. The largest absolute Gasteiger partial charge is 0.445 e. The lowest BCUT2D eigenvalue weighted by Gasteiger charge is -2.40. The average Bonchev–Trinajstić information content (AvgIpc) is 3.14. The molecule has 1 aliphatic carbocycles. The first-order valence-electron chi connectivity index (χ1n) is 11.8. The van der Waals surface area contributed by atoms with Crippen LogP contribution in [0.25, 0.3) is 0 Å². The van der Waals surface area contributed by atoms with Gasteiger partial charge in [-0.2, -0.15) is 0 Å². The number of amides is 1. The zero-order valence-corrected chi connectivity index (χ0v) is 19.2. The van der Waals surface area contributed by atoms with Crippen LogP contribution in [0, 0.1) is 19.8 Å². The van der Waals surface area contributed by atoms with Gasteiger partial charge >= 0.3 is 0 Å². The average molecular weight is 425 g/mol. The molecule has 6 nitrogen and oxygen atoms in total. The van der Waals surface area contributed by atoms with Gasteiger partial charge in [0.25, 0.3) is 0 Å². The second kappa shape index (κ2) is 9.86. The van der Waals surface area contributed by atoms with Crippen LogP contribution in [0.3, 0.4) is 0 Å². The summed E-state index contributed by atoms with van der Waals surface area (Å²) < 4.78 is 5.39. The molecular weight excluding hydrogens is 388 g/mol. The summed E-state index contributed by atoms with van der Waals surface area (Å²) in [5, 5.41) is 3.12. The van der Waals surface area contributed by atoms with Crippen molar-refractivity contribution in [3.8, 4) is 0 Å². The van der Waals surface area contributed by atoms with E-state index in [1.165, 1.54) is 29.8 Å². The van der Waals surface area contributed by atoms with Gasteiger partial charge in [-0.15, -0.1) is 0 Å². The number of piperazine rings is 1. The van der Waals surface area contributed by atoms with Crippen molar-refractivity contribution in [2.24, 2.45) is 5.92 Å². The van der Waals surface area contributed by atoms with E-state index < -0.39 is 0 Å². The Balaban J connectivity index is 1.13. The first-order chi connectivity index (χ1) is 15.0. The van der Waals surface area contributed by atoms with Crippen molar-refractivity contribution in [1.82, 2.24) is 15.2 Å². The summed E-state index contributed by atoms with van der Waals surface area (Å²) in [6, 6.07) is 7.04. The second-order valence-corrected chi connectivity index (χ2v) is 9.18. The number of carbonyl (C=O) groups excluding carboxylic acids is 1. The number of benzene rings is 1. The number of nitrogens with one attached hydrogen (secondary N) is 1. The number of rotatable bonds is 8. The van der Waals surface area contributed by atoms with E-state index >= 15 is 0 Å². The fourth-order valence-corrected chi connectivity index (χ4v) is 4.96. The molecule has 2 aliphatic rings. The minimum atomic E-state index is 0.0175. The maximum Gasteiger partial charge on any atom is 0.229 e. The Hall–Kier alpha value is -2.34. The fourth-order valence-electron chi connectivity index (χ4n) is 4.96. The number of anilines is 1. The number of hydrogen-bond acceptors (Lipinski definition) is 5. The summed E-state index contributed by atoms with van der Waals surface area (Å²) in [5.74, 6) is 2.00. The molecule has 31 heavy (non-hydrogen) atoms. The monoisotopic (exact) mass is 424 g/mol. The van der Waals surface area contributed by atoms with Gasteiger partial charge in [0, 0.05) is 37.9 Å². The molecule has 0 atom stereocenters. The maximum atomic E-state index is 12.1. The van der Waals surface area contributed by atoms with Gasteiger partial charge < -0.3 is 14.6 Å². The van der Waals surface area contributed by atoms with E-state index in [1.54, 1.807) is 6.20 Å². The van der Waals surface area contributed by atoms with Gasteiger partial charge in [-0.25, -0.2) is 4.98 Å². The highest BCUT2D eigenvalue weighted by Gasteiger charge is 2.31. The molecular formula is C25H36N4O2. The van der Waals surface area contributed by atoms with Crippen molar-refractivity contribution in [3.63, 3.8) is 0 Å². The van der Waals surface area contributed by atoms with Crippen molar-refractivity contribution in [2.75, 3.05) is 37.6 Å². The minimum absolute atomic E-state index is 0.0175. The van der Waals surface area contributed by atoms with Crippen molar-refractivity contribution >= 4 is 11.6 Å². The van der Waals surface area contributed by atoms with E-state index in [0.29, 0.717) is 11.9 Å². The minimum Gasteiger partial charge on any atom is -0.445 e. The molecule has 1 aromatic carbocycles. The third kappa shape index (κ3) is 5.48. The first kappa shape index (κ1) is 21.9. The lowest BCUT2D eigenvalue weighted by Crippen LogP contribution is -2.48. The topological polar surface area (TPSA) is 61.6 Å². The van der Waals surface area contributed by atoms with E-state index in [4.69, 9.17) is 4.42 Å². The summed E-state index contributed by atoms with van der Waals surface area (Å²) >= 11 is 0. The highest BCUT2D eigenvalue weighted by atomic mass is 16.4. The van der Waals surface area contributed by atoms with Gasteiger partial charge in [0.15, 0.2) is 0 Å². The molecule has 1 saturated heterocycles. The zero-order valence-electron chi connectivity index (χ0n) is 19.2. The molecule has 4 rings (SSSR count). The second-order valence-electron chi connectivity index (χ2n) is 9.18. The van der Waals surface area contributed by atoms with Crippen LogP contribution in [0.5, 0.6) is 0 Å². The molecule has 2 fully saturated rings. The van der Waals surface area contributed by atoms with Crippen LogP contribution in [0.1, 0.15) is 49.0 Å². The highest BCUT2D eigenvalue weighted by molar-refractivity contribution is 5.78. The molecule has 0 spiro atoms. The van der Waals surface area contributed by atoms with Gasteiger partial charge in [0.1, 0.15) is 12.2 Å². The van der Waals surface area contributed by atoms with E-state index in [1.807, 2.05) is 6.92 Å². The van der Waals surface area contributed by atoms with E-state index in [-0.39, 0.29) is 12.3 Å². The van der Waals surface area contributed by atoms with E-state index in [2.05, 4.69) is 52.1 Å². The number of oxazole rings is 1. The Labute approximate surface area is 186 Å². The highest BCUT2D eigenvalue weighted by Crippen LogP contribution is 2.31. The van der Waals surface area contributed by atoms with Gasteiger partial charge in [-0.1, -0.05) is 19.1 Å². The quantitative estimate of drug-likeness (QED) is 0.703. The van der Waals surface area contributed by atoms with Crippen LogP contribution in [0.2, 0.25) is 0 Å². The summed E-state index contributed by atoms with van der Waals surface area (Å²) in [7, 11) is 0. The molecule has 1 N–H and O–H groups in total. The number of nitrogens with zero attached hydrogens (tertiary/aromatic N) is 3. The molecule has 0 radical (unpaired) electrons. The van der Waals surface area contributed by atoms with Crippen LogP contribution in [-0.2, 0) is 17.6 Å². The fraction of sp³-hybridized carbons (Fsp3) is 0.600. The summed E-state index contributed by atoms with van der Waals surface area (Å²) in [4.78, 5) is 21.4. The molecule has 2 heterocycles. The Morgan fingerprint density at radius 2 is 1.97 bits per heavy atom. The number of aryl methyl sites for hydroxylation is 2. The standard InChI is InChI=1S/C25H36N4O2/c1-4-21-6-5-7-23(19(21)3)29-12-10-28(11-13-29)9-8-20-14-22(15-20)27-24(30)16-25-26-17-18(2)31-25/h5-7,17,20,22H,4,8-16H2,1-3H3,(H,27,30)/t20-,22+. The maximum absolute atomic E-state index is 12.1. The molecule has 1 aliphatic heterocycles. The summed E-state index contributed by atoms with van der Waals surface area (Å²) in [6.45, 7) is 12.0. The zero-order chi connectivity index (χ0) is 21.8.